The molecule has 0 spiro atoms. The minimum atomic E-state index is -3.80. The average Bonchev–Trinajstić information content (AvgIpc) is 2.37. The van der Waals surface area contributed by atoms with Crippen LogP contribution < -0.4 is 11.1 Å². The fourth-order valence-corrected chi connectivity index (χ4v) is 2.91. The van der Waals surface area contributed by atoms with Gasteiger partial charge in [0.2, 0.25) is 5.91 Å². The lowest BCUT2D eigenvalue weighted by Gasteiger charge is -2.07. The third-order valence-electron chi connectivity index (χ3n) is 2.65. The highest BCUT2D eigenvalue weighted by molar-refractivity contribution is 7.92. The van der Waals surface area contributed by atoms with Gasteiger partial charge in [-0.25, -0.2) is 12.8 Å². The minimum absolute atomic E-state index is 0.0307. The number of sulfone groups is 1. The van der Waals surface area contributed by atoms with E-state index < -0.39 is 27.3 Å². The molecule has 110 valence electrons. The quantitative estimate of drug-likeness (QED) is 0.843. The third-order valence-corrected chi connectivity index (χ3v) is 4.26. The summed E-state index contributed by atoms with van der Waals surface area (Å²) in [7, 11) is -3.80. The van der Waals surface area contributed by atoms with Gasteiger partial charge >= 0.3 is 0 Å². The van der Waals surface area contributed by atoms with E-state index in [1.165, 1.54) is 36.4 Å². The first-order valence-electron chi connectivity index (χ1n) is 6.00. The number of carbonyl (C=O) groups excluding carboxylic acids is 1. The number of nitrogens with one attached hydrogen (secondary N) is 1. The summed E-state index contributed by atoms with van der Waals surface area (Å²) in [5.41, 5.74) is 6.01. The van der Waals surface area contributed by atoms with Gasteiger partial charge in [-0.3, -0.25) is 4.79 Å². The molecule has 0 bridgehead atoms. The van der Waals surface area contributed by atoms with Crippen molar-refractivity contribution >= 4 is 27.1 Å². The van der Waals surface area contributed by atoms with Crippen LogP contribution in [0.5, 0.6) is 0 Å². The molecule has 3 N–H and O–H groups in total. The molecule has 0 fully saturated rings. The lowest BCUT2D eigenvalue weighted by molar-refractivity contribution is -0.113. The first kappa shape index (κ1) is 15.0. The van der Waals surface area contributed by atoms with Gasteiger partial charge in [0.1, 0.15) is 11.6 Å². The van der Waals surface area contributed by atoms with Gasteiger partial charge in [-0.15, -0.1) is 0 Å². The van der Waals surface area contributed by atoms with Crippen LogP contribution in [0.15, 0.2) is 53.4 Å². The molecule has 7 heteroatoms. The zero-order valence-corrected chi connectivity index (χ0v) is 11.7. The summed E-state index contributed by atoms with van der Waals surface area (Å²) >= 11 is 0. The minimum Gasteiger partial charge on any atom is -0.399 e. The molecule has 0 saturated carbocycles. The summed E-state index contributed by atoms with van der Waals surface area (Å²) in [5, 5.41) is 2.33. The first-order valence-corrected chi connectivity index (χ1v) is 7.66. The number of nitrogens with two attached hydrogens (primary N) is 1. The second-order valence-electron chi connectivity index (χ2n) is 4.39. The largest absolute Gasteiger partial charge is 0.399 e. The van der Waals surface area contributed by atoms with Gasteiger partial charge in [0.25, 0.3) is 0 Å². The van der Waals surface area contributed by atoms with Crippen molar-refractivity contribution in [3.05, 3.63) is 54.3 Å². The number of benzene rings is 2. The highest BCUT2D eigenvalue weighted by atomic mass is 32.2. The van der Waals surface area contributed by atoms with E-state index >= 15 is 0 Å². The monoisotopic (exact) mass is 308 g/mol. The number of hydrogen-bond acceptors (Lipinski definition) is 4. The summed E-state index contributed by atoms with van der Waals surface area (Å²) in [6.07, 6.45) is 0. The standard InChI is InChI=1S/C14H13FN2O3S/c15-10-3-1-5-12(7-10)17-14(18)9-21(19,20)13-6-2-4-11(16)8-13/h1-8H,9,16H2,(H,17,18). The Hall–Kier alpha value is -2.41. The highest BCUT2D eigenvalue weighted by Gasteiger charge is 2.19. The van der Waals surface area contributed by atoms with E-state index in [1.807, 2.05) is 0 Å². The molecule has 0 atom stereocenters. The van der Waals surface area contributed by atoms with Crippen molar-refractivity contribution in [2.75, 3.05) is 16.8 Å². The van der Waals surface area contributed by atoms with E-state index in [2.05, 4.69) is 5.32 Å². The van der Waals surface area contributed by atoms with Crippen molar-refractivity contribution in [3.63, 3.8) is 0 Å². The smallest absolute Gasteiger partial charge is 0.239 e. The molecule has 0 heterocycles. The average molecular weight is 308 g/mol. The number of carbonyl (C=O) groups is 1. The van der Waals surface area contributed by atoms with Crippen molar-refractivity contribution in [1.82, 2.24) is 0 Å². The van der Waals surface area contributed by atoms with E-state index in [9.17, 15) is 17.6 Å². The topological polar surface area (TPSA) is 89.3 Å². The van der Waals surface area contributed by atoms with Gasteiger partial charge < -0.3 is 11.1 Å². The van der Waals surface area contributed by atoms with E-state index in [-0.39, 0.29) is 10.6 Å². The number of anilines is 2. The van der Waals surface area contributed by atoms with Crippen molar-refractivity contribution in [1.29, 1.82) is 0 Å². The van der Waals surface area contributed by atoms with Crippen LogP contribution in [0.1, 0.15) is 0 Å². The van der Waals surface area contributed by atoms with E-state index in [0.717, 1.165) is 6.07 Å². The Labute approximate surface area is 121 Å². The molecule has 0 radical (unpaired) electrons. The maximum Gasteiger partial charge on any atom is 0.239 e. The van der Waals surface area contributed by atoms with Crippen LogP contribution in [0, 0.1) is 5.82 Å². The van der Waals surface area contributed by atoms with Gasteiger partial charge in [0, 0.05) is 11.4 Å². The Balaban J connectivity index is 2.12. The predicted octanol–water partition coefficient (Wildman–Crippen LogP) is 1.82. The summed E-state index contributed by atoms with van der Waals surface area (Å²) in [6, 6.07) is 10.9. The maximum absolute atomic E-state index is 13.0. The summed E-state index contributed by atoms with van der Waals surface area (Å²) < 4.78 is 37.1. The van der Waals surface area contributed by atoms with Crippen molar-refractivity contribution in [3.8, 4) is 0 Å². The van der Waals surface area contributed by atoms with Gasteiger partial charge in [0.15, 0.2) is 9.84 Å². The number of nitrogen functional groups attached to an aromatic ring is 1. The molecule has 21 heavy (non-hydrogen) atoms. The third kappa shape index (κ3) is 4.03. The van der Waals surface area contributed by atoms with E-state index in [4.69, 9.17) is 5.73 Å². The number of hydrogen-bond donors (Lipinski definition) is 2. The SMILES string of the molecule is Nc1cccc(S(=O)(=O)CC(=O)Nc2cccc(F)c2)c1. The van der Waals surface area contributed by atoms with Crippen LogP contribution >= 0.6 is 0 Å². The lowest BCUT2D eigenvalue weighted by atomic mass is 10.3. The fourth-order valence-electron chi connectivity index (χ4n) is 1.73. The molecule has 0 saturated heterocycles. The van der Waals surface area contributed by atoms with E-state index in [1.54, 1.807) is 6.07 Å². The summed E-state index contributed by atoms with van der Waals surface area (Å²) in [6.45, 7) is 0. The first-order chi connectivity index (χ1) is 9.87. The van der Waals surface area contributed by atoms with Crippen molar-refractivity contribution < 1.29 is 17.6 Å². The second kappa shape index (κ2) is 5.92. The maximum atomic E-state index is 13.0. The molecular weight excluding hydrogens is 295 g/mol. The van der Waals surface area contributed by atoms with Crippen LogP contribution in [0.25, 0.3) is 0 Å². The van der Waals surface area contributed by atoms with Gasteiger partial charge in [-0.2, -0.15) is 0 Å². The van der Waals surface area contributed by atoms with Gasteiger partial charge in [-0.05, 0) is 36.4 Å². The lowest BCUT2D eigenvalue weighted by Crippen LogP contribution is -2.23. The molecule has 2 aromatic carbocycles. The molecule has 2 rings (SSSR count). The second-order valence-corrected chi connectivity index (χ2v) is 6.38. The normalized spacial score (nSPS) is 11.1. The number of halogens is 1. The zero-order valence-electron chi connectivity index (χ0n) is 10.9. The highest BCUT2D eigenvalue weighted by Crippen LogP contribution is 2.15. The molecule has 0 aliphatic rings. The Kier molecular flexibility index (Phi) is 4.23. The Bertz CT molecular complexity index is 775. The van der Waals surface area contributed by atoms with Crippen molar-refractivity contribution in [2.45, 2.75) is 4.90 Å². The molecule has 1 amide bonds. The van der Waals surface area contributed by atoms with Crippen LogP contribution in [0.3, 0.4) is 0 Å². The Morgan fingerprint density at radius 1 is 1.14 bits per heavy atom. The molecular formula is C14H13FN2O3S. The Morgan fingerprint density at radius 3 is 2.52 bits per heavy atom. The molecule has 2 aromatic rings. The number of rotatable bonds is 4. The van der Waals surface area contributed by atoms with Gasteiger partial charge in [-0.1, -0.05) is 12.1 Å². The Morgan fingerprint density at radius 2 is 1.86 bits per heavy atom. The fraction of sp³-hybridized carbons (Fsp3) is 0.0714. The zero-order chi connectivity index (χ0) is 15.5. The van der Waals surface area contributed by atoms with Crippen LogP contribution in [0.4, 0.5) is 15.8 Å². The predicted molar refractivity (Wildman–Crippen MR) is 77.9 cm³/mol. The van der Waals surface area contributed by atoms with Crippen LogP contribution in [0.2, 0.25) is 0 Å². The molecule has 5 nitrogen and oxygen atoms in total. The number of amides is 1. The van der Waals surface area contributed by atoms with Gasteiger partial charge in [0.05, 0.1) is 4.90 Å². The van der Waals surface area contributed by atoms with Crippen LogP contribution in [-0.4, -0.2) is 20.1 Å². The summed E-state index contributed by atoms with van der Waals surface area (Å²) in [4.78, 5) is 11.7. The molecule has 0 unspecified atom stereocenters. The molecule has 0 aliphatic heterocycles. The van der Waals surface area contributed by atoms with E-state index in [0.29, 0.717) is 5.69 Å². The van der Waals surface area contributed by atoms with Crippen molar-refractivity contribution in [2.24, 2.45) is 0 Å². The molecule has 0 aromatic heterocycles. The van der Waals surface area contributed by atoms with Crippen LogP contribution in [-0.2, 0) is 14.6 Å². The molecule has 0 aliphatic carbocycles. The summed E-state index contributed by atoms with van der Waals surface area (Å²) in [5.74, 6) is -2.01.